The predicted molar refractivity (Wildman–Crippen MR) is 90.8 cm³/mol. The van der Waals surface area contributed by atoms with Gasteiger partial charge in [0.25, 0.3) is 5.56 Å². The largest absolute Gasteiger partial charge is 0.326 e. The van der Waals surface area contributed by atoms with Crippen molar-refractivity contribution >= 4 is 11.0 Å². The number of benzene rings is 1. The van der Waals surface area contributed by atoms with Crippen LogP contribution in [0, 0.1) is 0 Å². The second kappa shape index (κ2) is 5.35. The minimum absolute atomic E-state index is 0.0938. The first-order chi connectivity index (χ1) is 11.2. The van der Waals surface area contributed by atoms with Gasteiger partial charge in [0.15, 0.2) is 0 Å². The summed E-state index contributed by atoms with van der Waals surface area (Å²) < 4.78 is 3.59. The number of nitrogens with zero attached hydrogens (tertiary/aromatic N) is 3. The molecule has 4 rings (SSSR count). The molecular weight excluding hydrogens is 288 g/mol. The van der Waals surface area contributed by atoms with Gasteiger partial charge in [0.05, 0.1) is 11.9 Å². The maximum atomic E-state index is 13.1. The van der Waals surface area contributed by atoms with Crippen molar-refractivity contribution in [3.8, 4) is 5.69 Å². The molecule has 0 fully saturated rings. The highest BCUT2D eigenvalue weighted by atomic mass is 16.1. The molecule has 3 aromatic rings. The molecule has 118 valence electrons. The van der Waals surface area contributed by atoms with Crippen LogP contribution in [0.5, 0.6) is 0 Å². The van der Waals surface area contributed by atoms with Crippen molar-refractivity contribution in [1.29, 1.82) is 0 Å². The molecule has 0 atom stereocenters. The van der Waals surface area contributed by atoms with Crippen LogP contribution in [0.2, 0.25) is 0 Å². The van der Waals surface area contributed by atoms with Crippen molar-refractivity contribution in [1.82, 2.24) is 14.3 Å². The average Bonchev–Trinajstić information content (AvgIpc) is 2.98. The van der Waals surface area contributed by atoms with E-state index in [0.717, 1.165) is 53.5 Å². The third kappa shape index (κ3) is 2.11. The van der Waals surface area contributed by atoms with Gasteiger partial charge in [-0.25, -0.2) is 0 Å². The number of hydrogen-bond acceptors (Lipinski definition) is 3. The Bertz CT molecular complexity index is 934. The molecule has 5 nitrogen and oxygen atoms in total. The molecule has 2 aromatic heterocycles. The molecule has 0 bridgehead atoms. The zero-order valence-electron chi connectivity index (χ0n) is 13.2. The zero-order valence-corrected chi connectivity index (χ0v) is 13.2. The fourth-order valence-corrected chi connectivity index (χ4v) is 3.60. The van der Waals surface area contributed by atoms with E-state index < -0.39 is 0 Å². The van der Waals surface area contributed by atoms with E-state index >= 15 is 0 Å². The Labute approximate surface area is 134 Å². The van der Waals surface area contributed by atoms with Crippen LogP contribution in [-0.4, -0.2) is 14.3 Å². The van der Waals surface area contributed by atoms with E-state index in [4.69, 9.17) is 5.73 Å². The maximum absolute atomic E-state index is 13.1. The molecule has 1 aromatic carbocycles. The molecule has 0 aliphatic heterocycles. The lowest BCUT2D eigenvalue weighted by molar-refractivity contribution is 0.675. The van der Waals surface area contributed by atoms with E-state index in [9.17, 15) is 4.79 Å². The smallest absolute Gasteiger partial charge is 0.260 e. The Hall–Kier alpha value is -2.40. The van der Waals surface area contributed by atoms with Crippen molar-refractivity contribution in [3.63, 3.8) is 0 Å². The van der Waals surface area contributed by atoms with Gasteiger partial charge in [-0.1, -0.05) is 12.1 Å². The van der Waals surface area contributed by atoms with E-state index in [1.165, 1.54) is 5.56 Å². The Morgan fingerprint density at radius 2 is 1.83 bits per heavy atom. The van der Waals surface area contributed by atoms with Crippen molar-refractivity contribution in [2.45, 2.75) is 32.2 Å². The summed E-state index contributed by atoms with van der Waals surface area (Å²) in [4.78, 5) is 13.1. The summed E-state index contributed by atoms with van der Waals surface area (Å²) in [6, 6.07) is 7.88. The highest BCUT2D eigenvalue weighted by Crippen LogP contribution is 2.27. The number of nitrogens with two attached hydrogens (primary N) is 1. The van der Waals surface area contributed by atoms with Gasteiger partial charge in [-0.05, 0) is 48.9 Å². The van der Waals surface area contributed by atoms with Gasteiger partial charge in [-0.15, -0.1) is 0 Å². The molecule has 1 aliphatic carbocycles. The third-order valence-corrected chi connectivity index (χ3v) is 4.80. The van der Waals surface area contributed by atoms with Gasteiger partial charge < -0.3 is 5.73 Å². The lowest BCUT2D eigenvalue weighted by Crippen LogP contribution is -2.27. The lowest BCUT2D eigenvalue weighted by atomic mass is 9.91. The van der Waals surface area contributed by atoms with Crippen LogP contribution in [0.25, 0.3) is 16.7 Å². The van der Waals surface area contributed by atoms with E-state index in [2.05, 4.69) is 5.10 Å². The Balaban J connectivity index is 2.07. The highest BCUT2D eigenvalue weighted by Gasteiger charge is 2.22. The Kier molecular flexibility index (Phi) is 3.31. The summed E-state index contributed by atoms with van der Waals surface area (Å²) in [5.41, 5.74) is 10.7. The van der Waals surface area contributed by atoms with Gasteiger partial charge in [0, 0.05) is 24.5 Å². The third-order valence-electron chi connectivity index (χ3n) is 4.80. The van der Waals surface area contributed by atoms with Crippen molar-refractivity contribution < 1.29 is 0 Å². The van der Waals surface area contributed by atoms with E-state index in [1.807, 2.05) is 37.5 Å². The summed E-state index contributed by atoms with van der Waals surface area (Å²) in [6.45, 7) is 0.500. The molecule has 1 aliphatic rings. The van der Waals surface area contributed by atoms with Crippen LogP contribution in [0.3, 0.4) is 0 Å². The fourth-order valence-electron chi connectivity index (χ4n) is 3.60. The summed E-state index contributed by atoms with van der Waals surface area (Å²) in [6.07, 6.45) is 5.95. The van der Waals surface area contributed by atoms with Crippen LogP contribution < -0.4 is 11.3 Å². The first-order valence-electron chi connectivity index (χ1n) is 8.08. The first kappa shape index (κ1) is 14.2. The van der Waals surface area contributed by atoms with Gasteiger partial charge >= 0.3 is 0 Å². The second-order valence-corrected chi connectivity index (χ2v) is 6.18. The monoisotopic (exact) mass is 308 g/mol. The topological polar surface area (TPSA) is 65.8 Å². The molecule has 0 spiro atoms. The zero-order chi connectivity index (χ0) is 16.0. The van der Waals surface area contributed by atoms with Crippen molar-refractivity contribution in [2.75, 3.05) is 0 Å². The quantitative estimate of drug-likeness (QED) is 0.788. The molecule has 0 saturated carbocycles. The fraction of sp³-hybridized carbons (Fsp3) is 0.333. The Morgan fingerprint density at radius 1 is 1.13 bits per heavy atom. The molecule has 0 unspecified atom stereocenters. The van der Waals surface area contributed by atoms with Crippen molar-refractivity contribution in [2.24, 2.45) is 12.8 Å². The molecule has 0 amide bonds. The molecule has 23 heavy (non-hydrogen) atoms. The highest BCUT2D eigenvalue weighted by molar-refractivity contribution is 5.82. The second-order valence-electron chi connectivity index (χ2n) is 6.18. The number of pyridine rings is 1. The minimum Gasteiger partial charge on any atom is -0.326 e. The maximum Gasteiger partial charge on any atom is 0.260 e. The molecule has 0 saturated heterocycles. The first-order valence-corrected chi connectivity index (χ1v) is 8.08. The number of hydrogen-bond donors (Lipinski definition) is 1. The van der Waals surface area contributed by atoms with Gasteiger partial charge in [-0.3, -0.25) is 14.0 Å². The van der Waals surface area contributed by atoms with Crippen LogP contribution in [0.4, 0.5) is 0 Å². The van der Waals surface area contributed by atoms with E-state index in [-0.39, 0.29) is 5.56 Å². The van der Waals surface area contributed by atoms with Crippen LogP contribution in [-0.2, 0) is 26.4 Å². The molecule has 5 heteroatoms. The molecular formula is C18H20N4O. The molecule has 2 heterocycles. The number of fused-ring (bicyclic) bond motifs is 3. The summed E-state index contributed by atoms with van der Waals surface area (Å²) >= 11 is 0. The standard InChI is InChI=1S/C18H20N4O/c1-21-17-16(11-20-21)14-4-2-3-5-15(14)18(23)22(17)13-8-6-12(10-19)7-9-13/h6-9,11H,2-5,10,19H2,1H3. The molecule has 0 radical (unpaired) electrons. The minimum atomic E-state index is 0.0938. The number of rotatable bonds is 2. The van der Waals surface area contributed by atoms with Crippen LogP contribution in [0.15, 0.2) is 35.3 Å². The van der Waals surface area contributed by atoms with Gasteiger partial charge in [-0.2, -0.15) is 5.10 Å². The van der Waals surface area contributed by atoms with Gasteiger partial charge in [0.2, 0.25) is 0 Å². The number of aryl methyl sites for hydroxylation is 2. The summed E-state index contributed by atoms with van der Waals surface area (Å²) in [5.74, 6) is 0. The predicted octanol–water partition coefficient (Wildman–Crippen LogP) is 2.06. The molecule has 2 N–H and O–H groups in total. The summed E-state index contributed by atoms with van der Waals surface area (Å²) in [5, 5.41) is 5.50. The van der Waals surface area contributed by atoms with Crippen molar-refractivity contribution in [3.05, 3.63) is 57.5 Å². The summed E-state index contributed by atoms with van der Waals surface area (Å²) in [7, 11) is 1.89. The van der Waals surface area contributed by atoms with E-state index in [0.29, 0.717) is 6.54 Å². The Morgan fingerprint density at radius 3 is 2.52 bits per heavy atom. The van der Waals surface area contributed by atoms with Crippen LogP contribution >= 0.6 is 0 Å². The normalized spacial score (nSPS) is 14.2. The number of aromatic nitrogens is 3. The SMILES string of the molecule is Cn1ncc2c3c(c(=O)n(-c4ccc(CN)cc4)c21)CCCC3. The van der Waals surface area contributed by atoms with E-state index in [1.54, 1.807) is 9.25 Å². The average molecular weight is 308 g/mol. The van der Waals surface area contributed by atoms with Crippen LogP contribution in [0.1, 0.15) is 29.5 Å². The van der Waals surface area contributed by atoms with Gasteiger partial charge in [0.1, 0.15) is 5.65 Å². The lowest BCUT2D eigenvalue weighted by Gasteiger charge is -2.19.